The Hall–Kier alpha value is -0.650. The van der Waals surface area contributed by atoms with Crippen molar-refractivity contribution in [3.63, 3.8) is 0 Å². The molecule has 1 aliphatic heterocycles. The fourth-order valence-corrected chi connectivity index (χ4v) is 2.47. The van der Waals surface area contributed by atoms with Gasteiger partial charge in [-0.3, -0.25) is 9.69 Å². The van der Waals surface area contributed by atoms with E-state index in [2.05, 4.69) is 22.5 Å². The van der Waals surface area contributed by atoms with Gasteiger partial charge in [-0.15, -0.1) is 0 Å². The van der Waals surface area contributed by atoms with Crippen LogP contribution in [0.4, 0.5) is 0 Å². The summed E-state index contributed by atoms with van der Waals surface area (Å²) in [6.07, 6.45) is 3.45. The summed E-state index contributed by atoms with van der Waals surface area (Å²) in [5.41, 5.74) is 0. The molecule has 2 N–H and O–H groups in total. The molecule has 5 heteroatoms. The molecule has 1 rings (SSSR count). The van der Waals surface area contributed by atoms with Gasteiger partial charge in [-0.2, -0.15) is 0 Å². The van der Waals surface area contributed by atoms with Crippen molar-refractivity contribution < 1.29 is 9.53 Å². The minimum absolute atomic E-state index is 0.162. The highest BCUT2D eigenvalue weighted by molar-refractivity contribution is 5.77. The molecule has 1 aliphatic rings. The van der Waals surface area contributed by atoms with Crippen LogP contribution in [0.15, 0.2) is 0 Å². The fraction of sp³-hybridized carbons (Fsp3) is 0.929. The molecule has 5 nitrogen and oxygen atoms in total. The molecule has 1 amide bonds. The average Bonchev–Trinajstić information content (AvgIpc) is 2.42. The summed E-state index contributed by atoms with van der Waals surface area (Å²) in [7, 11) is 1.72. The second kappa shape index (κ2) is 10.2. The van der Waals surface area contributed by atoms with Gasteiger partial charge in [0, 0.05) is 26.7 Å². The summed E-state index contributed by atoms with van der Waals surface area (Å²) >= 11 is 0. The van der Waals surface area contributed by atoms with E-state index >= 15 is 0 Å². The molecule has 0 saturated carbocycles. The maximum Gasteiger partial charge on any atom is 0.234 e. The van der Waals surface area contributed by atoms with Crippen LogP contribution in [0.1, 0.15) is 26.2 Å². The number of nitrogens with zero attached hydrogens (tertiary/aromatic N) is 1. The van der Waals surface area contributed by atoms with Gasteiger partial charge in [0.1, 0.15) is 0 Å². The Morgan fingerprint density at radius 3 is 3.00 bits per heavy atom. The molecule has 1 unspecified atom stereocenters. The smallest absolute Gasteiger partial charge is 0.234 e. The molecular weight excluding hydrogens is 242 g/mol. The largest absolute Gasteiger partial charge is 0.383 e. The Bertz CT molecular complexity index is 249. The maximum absolute atomic E-state index is 11.7. The molecule has 0 spiro atoms. The van der Waals surface area contributed by atoms with Gasteiger partial charge in [-0.05, 0) is 38.3 Å². The van der Waals surface area contributed by atoms with Crippen LogP contribution in [-0.2, 0) is 9.53 Å². The molecule has 0 aromatic rings. The molecule has 0 bridgehead atoms. The predicted molar refractivity (Wildman–Crippen MR) is 77.2 cm³/mol. The molecule has 0 radical (unpaired) electrons. The van der Waals surface area contributed by atoms with E-state index in [-0.39, 0.29) is 5.91 Å². The molecule has 1 fully saturated rings. The number of carbonyl (C=O) groups is 1. The Morgan fingerprint density at radius 2 is 2.26 bits per heavy atom. The van der Waals surface area contributed by atoms with Gasteiger partial charge in [0.05, 0.1) is 13.2 Å². The molecule has 1 saturated heterocycles. The quantitative estimate of drug-likeness (QED) is 0.598. The van der Waals surface area contributed by atoms with E-state index in [1.807, 2.05) is 0 Å². The molecular formula is C14H29N3O2. The summed E-state index contributed by atoms with van der Waals surface area (Å²) in [5, 5.41) is 6.35. The van der Waals surface area contributed by atoms with Crippen LogP contribution in [-0.4, -0.2) is 63.8 Å². The number of piperidine rings is 1. The first-order valence-electron chi connectivity index (χ1n) is 7.45. The van der Waals surface area contributed by atoms with Gasteiger partial charge < -0.3 is 15.4 Å². The first-order valence-corrected chi connectivity index (χ1v) is 7.45. The number of ether oxygens (including phenoxy) is 1. The Morgan fingerprint density at radius 1 is 1.42 bits per heavy atom. The maximum atomic E-state index is 11.7. The number of nitrogens with one attached hydrogen (secondary N) is 2. The topological polar surface area (TPSA) is 53.6 Å². The van der Waals surface area contributed by atoms with E-state index in [4.69, 9.17) is 4.74 Å². The van der Waals surface area contributed by atoms with Gasteiger partial charge in [0.25, 0.3) is 0 Å². The lowest BCUT2D eigenvalue weighted by Gasteiger charge is -2.32. The Labute approximate surface area is 117 Å². The number of amides is 1. The van der Waals surface area contributed by atoms with E-state index < -0.39 is 0 Å². The van der Waals surface area contributed by atoms with Crippen molar-refractivity contribution in [1.29, 1.82) is 0 Å². The van der Waals surface area contributed by atoms with Crippen molar-refractivity contribution >= 4 is 5.91 Å². The summed E-state index contributed by atoms with van der Waals surface area (Å²) in [6.45, 7) is 8.18. The van der Waals surface area contributed by atoms with Crippen molar-refractivity contribution in [3.8, 4) is 0 Å². The highest BCUT2D eigenvalue weighted by atomic mass is 16.5. The monoisotopic (exact) mass is 271 g/mol. The second-order valence-electron chi connectivity index (χ2n) is 5.29. The van der Waals surface area contributed by atoms with E-state index in [1.54, 1.807) is 7.11 Å². The molecule has 19 heavy (non-hydrogen) atoms. The van der Waals surface area contributed by atoms with E-state index in [0.29, 0.717) is 12.5 Å². The zero-order chi connectivity index (χ0) is 13.9. The van der Waals surface area contributed by atoms with Crippen molar-refractivity contribution in [2.24, 2.45) is 5.92 Å². The molecule has 1 heterocycles. The van der Waals surface area contributed by atoms with E-state index in [1.165, 1.54) is 12.8 Å². The average molecular weight is 271 g/mol. The number of hydrogen-bond acceptors (Lipinski definition) is 4. The zero-order valence-electron chi connectivity index (χ0n) is 12.4. The summed E-state index contributed by atoms with van der Waals surface area (Å²) in [6, 6.07) is 0. The van der Waals surface area contributed by atoms with Crippen LogP contribution in [0.25, 0.3) is 0 Å². The minimum Gasteiger partial charge on any atom is -0.383 e. The van der Waals surface area contributed by atoms with Crippen molar-refractivity contribution in [2.45, 2.75) is 26.2 Å². The second-order valence-corrected chi connectivity index (χ2v) is 5.29. The van der Waals surface area contributed by atoms with E-state index in [0.717, 1.165) is 45.8 Å². The standard InChI is InChI=1S/C14H29N3O2/c1-3-6-16-14(18)12-17-8-4-5-13(11-17)10-15-7-9-19-2/h13,15H,3-12H2,1-2H3,(H,16,18). The number of methoxy groups -OCH3 is 1. The van der Waals surface area contributed by atoms with Gasteiger partial charge in [0.2, 0.25) is 5.91 Å². The van der Waals surface area contributed by atoms with Gasteiger partial charge in [-0.25, -0.2) is 0 Å². The van der Waals surface area contributed by atoms with Crippen LogP contribution in [0.2, 0.25) is 0 Å². The van der Waals surface area contributed by atoms with Crippen molar-refractivity contribution in [1.82, 2.24) is 15.5 Å². The summed E-state index contributed by atoms with van der Waals surface area (Å²) in [5.74, 6) is 0.819. The third-order valence-corrected chi connectivity index (χ3v) is 3.46. The summed E-state index contributed by atoms with van der Waals surface area (Å²) < 4.78 is 5.02. The Balaban J connectivity index is 2.16. The summed E-state index contributed by atoms with van der Waals surface area (Å²) in [4.78, 5) is 14.0. The first-order chi connectivity index (χ1) is 9.26. The lowest BCUT2D eigenvalue weighted by atomic mass is 9.98. The highest BCUT2D eigenvalue weighted by Gasteiger charge is 2.20. The predicted octanol–water partition coefficient (Wildman–Crippen LogP) is 0.461. The van der Waals surface area contributed by atoms with Crippen LogP contribution >= 0.6 is 0 Å². The number of rotatable bonds is 9. The lowest BCUT2D eigenvalue weighted by molar-refractivity contribution is -0.122. The highest BCUT2D eigenvalue weighted by Crippen LogP contribution is 2.15. The SMILES string of the molecule is CCCNC(=O)CN1CCCC(CNCCOC)C1. The molecule has 0 aromatic heterocycles. The normalized spacial score (nSPS) is 20.4. The van der Waals surface area contributed by atoms with Gasteiger partial charge in [0.15, 0.2) is 0 Å². The molecule has 0 aromatic carbocycles. The van der Waals surface area contributed by atoms with Crippen molar-refractivity contribution in [3.05, 3.63) is 0 Å². The first kappa shape index (κ1) is 16.4. The van der Waals surface area contributed by atoms with Gasteiger partial charge >= 0.3 is 0 Å². The minimum atomic E-state index is 0.162. The van der Waals surface area contributed by atoms with E-state index in [9.17, 15) is 4.79 Å². The van der Waals surface area contributed by atoms with Crippen LogP contribution in [0.3, 0.4) is 0 Å². The molecule has 0 aliphatic carbocycles. The zero-order valence-corrected chi connectivity index (χ0v) is 12.4. The van der Waals surface area contributed by atoms with Crippen molar-refractivity contribution in [2.75, 3.05) is 53.0 Å². The van der Waals surface area contributed by atoms with Crippen LogP contribution in [0, 0.1) is 5.92 Å². The lowest BCUT2D eigenvalue weighted by Crippen LogP contribution is -2.44. The molecule has 1 atom stereocenters. The van der Waals surface area contributed by atoms with Crippen LogP contribution in [0.5, 0.6) is 0 Å². The number of hydrogen-bond donors (Lipinski definition) is 2. The molecule has 112 valence electrons. The van der Waals surface area contributed by atoms with Crippen LogP contribution < -0.4 is 10.6 Å². The number of carbonyl (C=O) groups excluding carboxylic acids is 1. The number of likely N-dealkylation sites (tertiary alicyclic amines) is 1. The van der Waals surface area contributed by atoms with Gasteiger partial charge in [-0.1, -0.05) is 6.92 Å². The third-order valence-electron chi connectivity index (χ3n) is 3.46. The third kappa shape index (κ3) is 7.50. The fourth-order valence-electron chi connectivity index (χ4n) is 2.47. The Kier molecular flexibility index (Phi) is 8.79.